The highest BCUT2D eigenvalue weighted by Crippen LogP contribution is 2.32. The van der Waals surface area contributed by atoms with E-state index in [0.29, 0.717) is 17.7 Å². The molecule has 0 aromatic rings. The van der Waals surface area contributed by atoms with Gasteiger partial charge in [0.1, 0.15) is 0 Å². The lowest BCUT2D eigenvalue weighted by Gasteiger charge is -2.22. The molecule has 0 radical (unpaired) electrons. The molecule has 1 N–H and O–H groups in total. The summed E-state index contributed by atoms with van der Waals surface area (Å²) in [6.45, 7) is 6.05. The topological polar surface area (TPSA) is 32.3 Å². The second kappa shape index (κ2) is 4.30. The second-order valence-corrected chi connectivity index (χ2v) is 4.80. The average Bonchev–Trinajstić information content (AvgIpc) is 2.93. The highest BCUT2D eigenvalue weighted by molar-refractivity contribution is 5.76. The van der Waals surface area contributed by atoms with Gasteiger partial charge < -0.3 is 10.2 Å². The Hall–Kier alpha value is -0.570. The first-order chi connectivity index (χ1) is 6.75. The van der Waals surface area contributed by atoms with Crippen LogP contribution in [-0.4, -0.2) is 37.0 Å². The molecule has 1 heterocycles. The molecule has 0 bridgehead atoms. The van der Waals surface area contributed by atoms with Crippen molar-refractivity contribution in [1.29, 1.82) is 0 Å². The van der Waals surface area contributed by atoms with Crippen LogP contribution in [0.15, 0.2) is 0 Å². The molecule has 0 aromatic heterocycles. The van der Waals surface area contributed by atoms with E-state index in [1.165, 1.54) is 12.8 Å². The lowest BCUT2D eigenvalue weighted by atomic mass is 10.1. The minimum absolute atomic E-state index is 0.378. The Kier molecular flexibility index (Phi) is 3.06. The Morgan fingerprint density at radius 2 is 2.29 bits per heavy atom. The maximum absolute atomic E-state index is 11.8. The van der Waals surface area contributed by atoms with Gasteiger partial charge in [-0.25, -0.2) is 0 Å². The highest BCUT2D eigenvalue weighted by Gasteiger charge is 2.27. The molecule has 0 spiro atoms. The van der Waals surface area contributed by atoms with Crippen molar-refractivity contribution in [3.05, 3.63) is 0 Å². The summed E-state index contributed by atoms with van der Waals surface area (Å²) < 4.78 is 0. The third kappa shape index (κ3) is 2.71. The van der Waals surface area contributed by atoms with Gasteiger partial charge >= 0.3 is 0 Å². The summed E-state index contributed by atoms with van der Waals surface area (Å²) in [6, 6.07) is 0. The fourth-order valence-electron chi connectivity index (χ4n) is 2.02. The van der Waals surface area contributed by atoms with Crippen LogP contribution in [-0.2, 0) is 4.79 Å². The molecular formula is C11H20N2O. The van der Waals surface area contributed by atoms with Crippen LogP contribution in [0, 0.1) is 11.8 Å². The molecule has 1 aliphatic carbocycles. The molecule has 1 aliphatic heterocycles. The van der Waals surface area contributed by atoms with Gasteiger partial charge in [0, 0.05) is 26.1 Å². The molecule has 3 heteroatoms. The van der Waals surface area contributed by atoms with Gasteiger partial charge in [-0.15, -0.1) is 0 Å². The first kappa shape index (κ1) is 9.97. The molecule has 2 rings (SSSR count). The molecule has 3 nitrogen and oxygen atoms in total. The SMILES string of the molecule is CC1CNCCN(C(=O)CC2CC2)C1. The molecule has 1 unspecified atom stereocenters. The first-order valence-corrected chi connectivity index (χ1v) is 5.74. The Labute approximate surface area is 85.8 Å². The van der Waals surface area contributed by atoms with Crippen LogP contribution in [0.1, 0.15) is 26.2 Å². The summed E-state index contributed by atoms with van der Waals surface area (Å²) >= 11 is 0. The van der Waals surface area contributed by atoms with Crippen molar-refractivity contribution in [2.24, 2.45) is 11.8 Å². The number of carbonyl (C=O) groups is 1. The summed E-state index contributed by atoms with van der Waals surface area (Å²) in [7, 11) is 0. The third-order valence-corrected chi connectivity index (χ3v) is 3.10. The number of nitrogens with one attached hydrogen (secondary N) is 1. The molecule has 1 saturated heterocycles. The minimum Gasteiger partial charge on any atom is -0.341 e. The van der Waals surface area contributed by atoms with Crippen LogP contribution in [0.2, 0.25) is 0 Å². The van der Waals surface area contributed by atoms with E-state index in [0.717, 1.165) is 32.6 Å². The fourth-order valence-corrected chi connectivity index (χ4v) is 2.02. The zero-order chi connectivity index (χ0) is 9.97. The average molecular weight is 196 g/mol. The predicted molar refractivity (Wildman–Crippen MR) is 56.0 cm³/mol. The first-order valence-electron chi connectivity index (χ1n) is 5.74. The van der Waals surface area contributed by atoms with E-state index in [4.69, 9.17) is 0 Å². The van der Waals surface area contributed by atoms with E-state index in [-0.39, 0.29) is 0 Å². The number of nitrogens with zero attached hydrogens (tertiary/aromatic N) is 1. The molecule has 2 aliphatic rings. The quantitative estimate of drug-likeness (QED) is 0.710. The Balaban J connectivity index is 1.83. The zero-order valence-electron chi connectivity index (χ0n) is 8.96. The minimum atomic E-state index is 0.378. The Morgan fingerprint density at radius 1 is 1.50 bits per heavy atom. The van der Waals surface area contributed by atoms with Crippen LogP contribution in [0.5, 0.6) is 0 Å². The van der Waals surface area contributed by atoms with Crippen LogP contribution < -0.4 is 5.32 Å². The lowest BCUT2D eigenvalue weighted by Crippen LogP contribution is -2.35. The molecular weight excluding hydrogens is 176 g/mol. The van der Waals surface area contributed by atoms with E-state index in [1.54, 1.807) is 0 Å². The van der Waals surface area contributed by atoms with Crippen molar-refractivity contribution >= 4 is 5.91 Å². The molecule has 2 fully saturated rings. The van der Waals surface area contributed by atoms with Gasteiger partial charge in [0.05, 0.1) is 0 Å². The van der Waals surface area contributed by atoms with Crippen molar-refractivity contribution < 1.29 is 4.79 Å². The van der Waals surface area contributed by atoms with Crippen LogP contribution in [0.3, 0.4) is 0 Å². The van der Waals surface area contributed by atoms with E-state index >= 15 is 0 Å². The second-order valence-electron chi connectivity index (χ2n) is 4.80. The monoisotopic (exact) mass is 196 g/mol. The number of carbonyl (C=O) groups excluding carboxylic acids is 1. The van der Waals surface area contributed by atoms with Gasteiger partial charge in [-0.1, -0.05) is 6.92 Å². The van der Waals surface area contributed by atoms with Gasteiger partial charge in [0.15, 0.2) is 0 Å². The zero-order valence-corrected chi connectivity index (χ0v) is 8.96. The van der Waals surface area contributed by atoms with E-state index < -0.39 is 0 Å². The van der Waals surface area contributed by atoms with E-state index in [2.05, 4.69) is 12.2 Å². The van der Waals surface area contributed by atoms with Crippen LogP contribution in [0.25, 0.3) is 0 Å². The molecule has 0 aromatic carbocycles. The smallest absolute Gasteiger partial charge is 0.222 e. The number of amides is 1. The largest absolute Gasteiger partial charge is 0.341 e. The van der Waals surface area contributed by atoms with Gasteiger partial charge in [0.25, 0.3) is 0 Å². The summed E-state index contributed by atoms with van der Waals surface area (Å²) in [5.41, 5.74) is 0. The normalized spacial score (nSPS) is 28.6. The summed E-state index contributed by atoms with van der Waals surface area (Å²) in [4.78, 5) is 13.9. The maximum atomic E-state index is 11.8. The fraction of sp³-hybridized carbons (Fsp3) is 0.909. The number of hydrogen-bond acceptors (Lipinski definition) is 2. The van der Waals surface area contributed by atoms with Gasteiger partial charge in [-0.3, -0.25) is 4.79 Å². The Bertz CT molecular complexity index is 213. The third-order valence-electron chi connectivity index (χ3n) is 3.10. The maximum Gasteiger partial charge on any atom is 0.222 e. The van der Waals surface area contributed by atoms with Crippen LogP contribution >= 0.6 is 0 Å². The van der Waals surface area contributed by atoms with Crippen molar-refractivity contribution in [3.8, 4) is 0 Å². The number of rotatable bonds is 2. The standard InChI is InChI=1S/C11H20N2O/c1-9-7-12-4-5-13(8-9)11(14)6-10-2-3-10/h9-10,12H,2-8H2,1H3. The summed E-state index contributed by atoms with van der Waals surface area (Å²) in [5.74, 6) is 1.69. The van der Waals surface area contributed by atoms with E-state index in [9.17, 15) is 4.79 Å². The van der Waals surface area contributed by atoms with Gasteiger partial charge in [0.2, 0.25) is 5.91 Å². The lowest BCUT2D eigenvalue weighted by molar-refractivity contribution is -0.131. The van der Waals surface area contributed by atoms with Crippen molar-refractivity contribution in [2.75, 3.05) is 26.2 Å². The van der Waals surface area contributed by atoms with Crippen molar-refractivity contribution in [2.45, 2.75) is 26.2 Å². The molecule has 1 saturated carbocycles. The summed E-state index contributed by atoms with van der Waals surface area (Å²) in [6.07, 6.45) is 3.34. The van der Waals surface area contributed by atoms with Crippen LogP contribution in [0.4, 0.5) is 0 Å². The van der Waals surface area contributed by atoms with Crippen molar-refractivity contribution in [3.63, 3.8) is 0 Å². The van der Waals surface area contributed by atoms with Gasteiger partial charge in [-0.05, 0) is 31.2 Å². The molecule has 80 valence electrons. The highest BCUT2D eigenvalue weighted by atomic mass is 16.2. The molecule has 14 heavy (non-hydrogen) atoms. The molecule has 1 amide bonds. The van der Waals surface area contributed by atoms with Gasteiger partial charge in [-0.2, -0.15) is 0 Å². The summed E-state index contributed by atoms with van der Waals surface area (Å²) in [5, 5.41) is 3.36. The van der Waals surface area contributed by atoms with Crippen molar-refractivity contribution in [1.82, 2.24) is 10.2 Å². The molecule has 1 atom stereocenters. The number of hydrogen-bond donors (Lipinski definition) is 1. The van der Waals surface area contributed by atoms with E-state index in [1.807, 2.05) is 4.90 Å². The predicted octanol–water partition coefficient (Wildman–Crippen LogP) is 0.854. The Morgan fingerprint density at radius 3 is 3.00 bits per heavy atom.